The summed E-state index contributed by atoms with van der Waals surface area (Å²) in [5.41, 5.74) is 0.312. The van der Waals surface area contributed by atoms with Crippen molar-refractivity contribution in [1.82, 2.24) is 0 Å². The van der Waals surface area contributed by atoms with Crippen molar-refractivity contribution >= 4 is 17.9 Å². The maximum Gasteiger partial charge on any atom is 0.340 e. The Labute approximate surface area is 330 Å². The van der Waals surface area contributed by atoms with Crippen LogP contribution in [0.1, 0.15) is 242 Å². The highest BCUT2D eigenvalue weighted by molar-refractivity contribution is 6.09. The summed E-state index contributed by atoms with van der Waals surface area (Å²) in [7, 11) is 3.81. The summed E-state index contributed by atoms with van der Waals surface area (Å²) >= 11 is 0. The van der Waals surface area contributed by atoms with Crippen molar-refractivity contribution in [3.05, 3.63) is 33.4 Å². The topological polar surface area (TPSA) is 78.9 Å². The molecule has 1 aromatic rings. The molecule has 0 amide bonds. The number of ether oxygens (including phenoxy) is 3. The normalized spacial score (nSPS) is 10.3. The molecule has 0 atom stereocenters. The van der Waals surface area contributed by atoms with Crippen LogP contribution < -0.4 is 0 Å². The molecule has 6 heteroatoms. The summed E-state index contributed by atoms with van der Waals surface area (Å²) in [6, 6.07) is 0. The van der Waals surface area contributed by atoms with Gasteiger partial charge in [0.25, 0.3) is 0 Å². The molecular formula is C48H72O6. The molecule has 300 valence electrons. The zero-order chi connectivity index (χ0) is 39.7. The van der Waals surface area contributed by atoms with Gasteiger partial charge in [-0.15, -0.1) is 0 Å². The summed E-state index contributed by atoms with van der Waals surface area (Å²) in [5.74, 6) is 16.8. The van der Waals surface area contributed by atoms with Gasteiger partial charge in [-0.2, -0.15) is 0 Å². The first-order chi connectivity index (χ1) is 26.4. The van der Waals surface area contributed by atoms with Gasteiger partial charge < -0.3 is 14.2 Å². The fraction of sp³-hybridized carbons (Fsp3) is 0.688. The van der Waals surface area contributed by atoms with Gasteiger partial charge >= 0.3 is 17.9 Å². The molecule has 1 aromatic carbocycles. The molecule has 0 radical (unpaired) electrons. The second-order valence-corrected chi connectivity index (χ2v) is 14.3. The fourth-order valence-corrected chi connectivity index (χ4v) is 6.54. The predicted molar refractivity (Wildman–Crippen MR) is 223 cm³/mol. The molecular weight excluding hydrogens is 673 g/mol. The number of hydrogen-bond donors (Lipinski definition) is 0. The van der Waals surface area contributed by atoms with Crippen molar-refractivity contribution in [2.45, 2.75) is 194 Å². The molecule has 0 aromatic heterocycles. The molecule has 0 fully saturated rings. The Balaban J connectivity index is 3.63. The highest BCUT2D eigenvalue weighted by atomic mass is 16.5. The maximum absolute atomic E-state index is 13.6. The summed E-state index contributed by atoms with van der Waals surface area (Å²) in [6.07, 6.45) is 29.9. The molecule has 0 aliphatic heterocycles. The number of carbonyl (C=O) groups excluding carboxylic acids is 3. The van der Waals surface area contributed by atoms with E-state index in [9.17, 15) is 14.4 Å². The van der Waals surface area contributed by atoms with E-state index < -0.39 is 17.9 Å². The molecule has 0 unspecified atom stereocenters. The lowest BCUT2D eigenvalue weighted by Crippen LogP contribution is -2.21. The lowest BCUT2D eigenvalue weighted by molar-refractivity contribution is 0.0596. The van der Waals surface area contributed by atoms with E-state index in [1.807, 2.05) is 0 Å². The van der Waals surface area contributed by atoms with Crippen molar-refractivity contribution in [2.24, 2.45) is 0 Å². The van der Waals surface area contributed by atoms with Crippen LogP contribution >= 0.6 is 0 Å². The fourth-order valence-electron chi connectivity index (χ4n) is 6.54. The quantitative estimate of drug-likeness (QED) is 0.0386. The van der Waals surface area contributed by atoms with Gasteiger partial charge in [0.2, 0.25) is 0 Å². The minimum absolute atomic E-state index is 0.0289. The van der Waals surface area contributed by atoms with Crippen LogP contribution in [0.5, 0.6) is 0 Å². The molecule has 0 aliphatic carbocycles. The molecule has 0 heterocycles. The van der Waals surface area contributed by atoms with E-state index in [1.54, 1.807) is 0 Å². The predicted octanol–water partition coefficient (Wildman–Crippen LogP) is 12.7. The van der Waals surface area contributed by atoms with Gasteiger partial charge in [0.05, 0.1) is 54.7 Å². The second kappa shape index (κ2) is 32.7. The highest BCUT2D eigenvalue weighted by Crippen LogP contribution is 2.30. The molecule has 0 saturated carbocycles. The molecule has 0 N–H and O–H groups in total. The monoisotopic (exact) mass is 745 g/mol. The summed E-state index contributed by atoms with van der Waals surface area (Å²) in [4.78, 5) is 40.8. The first-order valence-electron chi connectivity index (χ1n) is 21.4. The van der Waals surface area contributed by atoms with Crippen LogP contribution in [0.15, 0.2) is 0 Å². The van der Waals surface area contributed by atoms with E-state index in [-0.39, 0.29) is 33.4 Å². The average molecular weight is 745 g/mol. The number of esters is 3. The van der Waals surface area contributed by atoms with Crippen LogP contribution in [0, 0.1) is 35.5 Å². The maximum atomic E-state index is 13.6. The smallest absolute Gasteiger partial charge is 0.340 e. The van der Waals surface area contributed by atoms with Gasteiger partial charge in [0.15, 0.2) is 0 Å². The van der Waals surface area contributed by atoms with Crippen LogP contribution in [0.3, 0.4) is 0 Å². The summed E-state index contributed by atoms with van der Waals surface area (Å²) in [6.45, 7) is 6.67. The minimum atomic E-state index is -0.739. The largest absolute Gasteiger partial charge is 0.465 e. The number of hydrogen-bond acceptors (Lipinski definition) is 6. The zero-order valence-corrected chi connectivity index (χ0v) is 35.0. The Hall–Kier alpha value is -3.69. The number of rotatable bonds is 27. The zero-order valence-electron chi connectivity index (χ0n) is 35.0. The first kappa shape index (κ1) is 48.3. The third-order valence-electron chi connectivity index (χ3n) is 9.77. The Morgan fingerprint density at radius 2 is 0.556 bits per heavy atom. The van der Waals surface area contributed by atoms with E-state index in [0.717, 1.165) is 57.8 Å². The SMILES string of the molecule is CCCCCCCCCCC#Cc1c(C(=O)OC)c(C#CCCCCCCCCCC)c(C(=O)OC)c(C#CCCCCCCCCCC)c1C(=O)OC. The summed E-state index contributed by atoms with van der Waals surface area (Å²) < 4.78 is 15.7. The molecule has 0 spiro atoms. The number of carbonyl (C=O) groups is 3. The number of unbranched alkanes of at least 4 members (excludes halogenated alkanes) is 24. The van der Waals surface area contributed by atoms with Gasteiger partial charge in [0.1, 0.15) is 0 Å². The molecule has 6 nitrogen and oxygen atoms in total. The Morgan fingerprint density at radius 1 is 0.352 bits per heavy atom. The molecule has 0 saturated heterocycles. The minimum Gasteiger partial charge on any atom is -0.465 e. The van der Waals surface area contributed by atoms with Crippen LogP contribution in [0.2, 0.25) is 0 Å². The standard InChI is InChI=1S/C48H72O6/c1-7-10-13-16-19-22-25-28-31-34-37-40-43(46(49)52-4)41(38-35-32-29-26-23-20-17-14-11-8-2)45(48(51)54-6)42(44(40)47(50)53-5)39-36-33-30-27-24-21-18-15-12-9-3/h7-33H2,1-6H3. The number of methoxy groups -OCH3 is 3. The van der Waals surface area contributed by atoms with Crippen molar-refractivity contribution in [2.75, 3.05) is 21.3 Å². The van der Waals surface area contributed by atoms with E-state index >= 15 is 0 Å². The lowest BCUT2D eigenvalue weighted by Gasteiger charge is -2.17. The Kier molecular flexibility index (Phi) is 29.3. The van der Waals surface area contributed by atoms with Gasteiger partial charge in [-0.3, -0.25) is 0 Å². The van der Waals surface area contributed by atoms with E-state index in [1.165, 1.54) is 118 Å². The van der Waals surface area contributed by atoms with Crippen molar-refractivity contribution in [3.8, 4) is 35.5 Å². The third kappa shape index (κ3) is 19.6. The van der Waals surface area contributed by atoms with Gasteiger partial charge in [0, 0.05) is 19.3 Å². The Bertz CT molecular complexity index is 1230. The van der Waals surface area contributed by atoms with E-state index in [2.05, 4.69) is 56.3 Å². The summed E-state index contributed by atoms with van der Waals surface area (Å²) in [5, 5.41) is 0. The van der Waals surface area contributed by atoms with Crippen LogP contribution in [0.25, 0.3) is 0 Å². The lowest BCUT2D eigenvalue weighted by atomic mass is 9.86. The molecule has 54 heavy (non-hydrogen) atoms. The van der Waals surface area contributed by atoms with Crippen molar-refractivity contribution in [3.63, 3.8) is 0 Å². The van der Waals surface area contributed by atoms with Gasteiger partial charge in [-0.1, -0.05) is 191 Å². The first-order valence-corrected chi connectivity index (χ1v) is 21.4. The van der Waals surface area contributed by atoms with Crippen molar-refractivity contribution in [1.29, 1.82) is 0 Å². The van der Waals surface area contributed by atoms with Crippen LogP contribution in [-0.4, -0.2) is 39.2 Å². The van der Waals surface area contributed by atoms with Crippen LogP contribution in [-0.2, 0) is 14.2 Å². The third-order valence-corrected chi connectivity index (χ3v) is 9.77. The van der Waals surface area contributed by atoms with Crippen LogP contribution in [0.4, 0.5) is 0 Å². The average Bonchev–Trinajstić information content (AvgIpc) is 3.18. The number of benzene rings is 1. The highest BCUT2D eigenvalue weighted by Gasteiger charge is 2.33. The van der Waals surface area contributed by atoms with E-state index in [0.29, 0.717) is 19.3 Å². The van der Waals surface area contributed by atoms with Crippen molar-refractivity contribution < 1.29 is 28.6 Å². The van der Waals surface area contributed by atoms with E-state index in [4.69, 9.17) is 14.2 Å². The molecule has 0 bridgehead atoms. The van der Waals surface area contributed by atoms with Gasteiger partial charge in [-0.25, -0.2) is 14.4 Å². The molecule has 1 rings (SSSR count). The second-order valence-electron chi connectivity index (χ2n) is 14.3. The molecule has 0 aliphatic rings. The van der Waals surface area contributed by atoms with Gasteiger partial charge in [-0.05, 0) is 19.3 Å². The Morgan fingerprint density at radius 3 is 0.759 bits per heavy atom.